The van der Waals surface area contributed by atoms with Crippen molar-refractivity contribution in [2.75, 3.05) is 13.2 Å². The molecule has 4 N–H and O–H groups in total. The van der Waals surface area contributed by atoms with Crippen LogP contribution in [0.3, 0.4) is 0 Å². The van der Waals surface area contributed by atoms with Crippen molar-refractivity contribution in [1.82, 2.24) is 0 Å². The summed E-state index contributed by atoms with van der Waals surface area (Å²) in [5.74, 6) is -2.10. The van der Waals surface area contributed by atoms with Crippen LogP contribution in [0.4, 0.5) is 8.78 Å². The van der Waals surface area contributed by atoms with Crippen molar-refractivity contribution in [3.05, 3.63) is 63.1 Å². The summed E-state index contributed by atoms with van der Waals surface area (Å²) in [5, 5.41) is 18.1. The standard InChI is InChI=1S/C18H18BrF2NO4/c19-12-2-1-10(15(21)7-12)5-11-6-13(20)8-16(17(11)18(22)25)26-4-3-14(24)9-23/h1-2,6-8,14,23-24H,3-5,9H2,(H2,22,25)/t14-/m1/s1. The molecule has 0 saturated carbocycles. The Morgan fingerprint density at radius 3 is 2.58 bits per heavy atom. The van der Waals surface area contributed by atoms with Gasteiger partial charge in [-0.2, -0.15) is 0 Å². The maximum absolute atomic E-state index is 14.1. The molecule has 0 heterocycles. The molecule has 5 nitrogen and oxygen atoms in total. The Morgan fingerprint density at radius 1 is 1.23 bits per heavy atom. The van der Waals surface area contributed by atoms with E-state index in [0.717, 1.165) is 12.1 Å². The van der Waals surface area contributed by atoms with Crippen molar-refractivity contribution in [1.29, 1.82) is 0 Å². The quantitative estimate of drug-likeness (QED) is 0.600. The highest BCUT2D eigenvalue weighted by atomic mass is 79.9. The molecule has 1 atom stereocenters. The van der Waals surface area contributed by atoms with Gasteiger partial charge in [-0.3, -0.25) is 4.79 Å². The third-order valence-corrected chi connectivity index (χ3v) is 4.20. The van der Waals surface area contributed by atoms with E-state index in [-0.39, 0.29) is 41.9 Å². The van der Waals surface area contributed by atoms with Gasteiger partial charge >= 0.3 is 0 Å². The highest BCUT2D eigenvalue weighted by Crippen LogP contribution is 2.28. The lowest BCUT2D eigenvalue weighted by atomic mass is 9.98. The molecule has 2 aromatic rings. The van der Waals surface area contributed by atoms with E-state index in [1.807, 2.05) is 0 Å². The summed E-state index contributed by atoms with van der Waals surface area (Å²) in [4.78, 5) is 11.9. The topological polar surface area (TPSA) is 92.8 Å². The number of carbonyl (C=O) groups excluding carboxylic acids is 1. The number of ether oxygens (including phenoxy) is 1. The second-order valence-corrected chi connectivity index (χ2v) is 6.60. The molecule has 0 aliphatic rings. The van der Waals surface area contributed by atoms with E-state index in [9.17, 15) is 18.7 Å². The van der Waals surface area contributed by atoms with Gasteiger partial charge in [0, 0.05) is 23.4 Å². The highest BCUT2D eigenvalue weighted by Gasteiger charge is 2.19. The van der Waals surface area contributed by atoms with E-state index < -0.39 is 30.3 Å². The maximum Gasteiger partial charge on any atom is 0.252 e. The molecule has 0 aliphatic heterocycles. The van der Waals surface area contributed by atoms with Gasteiger partial charge in [-0.05, 0) is 29.3 Å². The second-order valence-electron chi connectivity index (χ2n) is 5.69. The van der Waals surface area contributed by atoms with Gasteiger partial charge in [0.2, 0.25) is 0 Å². The number of carbonyl (C=O) groups is 1. The van der Waals surface area contributed by atoms with Crippen LogP contribution in [0.15, 0.2) is 34.8 Å². The molecular weight excluding hydrogens is 412 g/mol. The molecule has 0 aromatic heterocycles. The first-order valence-electron chi connectivity index (χ1n) is 7.79. The summed E-state index contributed by atoms with van der Waals surface area (Å²) < 4.78 is 34.0. The van der Waals surface area contributed by atoms with Gasteiger partial charge in [0.15, 0.2) is 0 Å². The number of benzene rings is 2. The van der Waals surface area contributed by atoms with Crippen molar-refractivity contribution in [2.24, 2.45) is 5.73 Å². The fourth-order valence-electron chi connectivity index (χ4n) is 2.44. The molecular formula is C18H18BrF2NO4. The largest absolute Gasteiger partial charge is 0.493 e. The first kappa shape index (κ1) is 20.3. The Bertz CT molecular complexity index is 801. The van der Waals surface area contributed by atoms with Crippen LogP contribution in [0.2, 0.25) is 0 Å². The number of rotatable bonds is 8. The summed E-state index contributed by atoms with van der Waals surface area (Å²) in [6.07, 6.45) is -0.955. The minimum atomic E-state index is -0.989. The summed E-state index contributed by atoms with van der Waals surface area (Å²) in [7, 11) is 0. The van der Waals surface area contributed by atoms with E-state index in [1.165, 1.54) is 12.1 Å². The van der Waals surface area contributed by atoms with Gasteiger partial charge in [-0.25, -0.2) is 8.78 Å². The van der Waals surface area contributed by atoms with Crippen LogP contribution >= 0.6 is 15.9 Å². The molecule has 0 fully saturated rings. The minimum absolute atomic E-state index is 0.0489. The number of primary amides is 1. The number of aliphatic hydroxyl groups is 2. The zero-order valence-electron chi connectivity index (χ0n) is 13.7. The van der Waals surface area contributed by atoms with Crippen LogP contribution < -0.4 is 10.5 Å². The molecule has 2 aromatic carbocycles. The Labute approximate surface area is 157 Å². The van der Waals surface area contributed by atoms with E-state index in [1.54, 1.807) is 6.07 Å². The molecule has 0 spiro atoms. The molecule has 26 heavy (non-hydrogen) atoms. The first-order chi connectivity index (χ1) is 12.3. The Morgan fingerprint density at radius 2 is 1.96 bits per heavy atom. The van der Waals surface area contributed by atoms with Gasteiger partial charge < -0.3 is 20.7 Å². The number of amides is 1. The predicted molar refractivity (Wildman–Crippen MR) is 95.0 cm³/mol. The van der Waals surface area contributed by atoms with E-state index in [0.29, 0.717) is 4.47 Å². The lowest BCUT2D eigenvalue weighted by molar-refractivity contribution is 0.0750. The molecule has 8 heteroatoms. The summed E-state index contributed by atoms with van der Waals surface area (Å²) in [6.45, 7) is -0.499. The average molecular weight is 430 g/mol. The predicted octanol–water partition coefficient (Wildman–Crippen LogP) is 2.54. The molecule has 0 bridgehead atoms. The molecule has 0 saturated heterocycles. The van der Waals surface area contributed by atoms with E-state index >= 15 is 0 Å². The first-order valence-corrected chi connectivity index (χ1v) is 8.59. The normalized spacial score (nSPS) is 12.0. The van der Waals surface area contributed by atoms with Gasteiger partial charge in [0.05, 0.1) is 24.9 Å². The smallest absolute Gasteiger partial charge is 0.252 e. The highest BCUT2D eigenvalue weighted by molar-refractivity contribution is 9.10. The van der Waals surface area contributed by atoms with Crippen molar-refractivity contribution in [3.8, 4) is 5.75 Å². The zero-order chi connectivity index (χ0) is 19.3. The van der Waals surface area contributed by atoms with Crippen molar-refractivity contribution in [3.63, 3.8) is 0 Å². The lowest BCUT2D eigenvalue weighted by Gasteiger charge is -2.15. The molecule has 0 aliphatic carbocycles. The summed E-state index contributed by atoms with van der Waals surface area (Å²) in [5.41, 5.74) is 5.82. The molecule has 0 unspecified atom stereocenters. The van der Waals surface area contributed by atoms with Crippen molar-refractivity contribution >= 4 is 21.8 Å². The van der Waals surface area contributed by atoms with Gasteiger partial charge in [-0.15, -0.1) is 0 Å². The third-order valence-electron chi connectivity index (χ3n) is 3.71. The lowest BCUT2D eigenvalue weighted by Crippen LogP contribution is -2.19. The summed E-state index contributed by atoms with van der Waals surface area (Å²) >= 11 is 3.16. The molecule has 2 rings (SSSR count). The van der Waals surface area contributed by atoms with Crippen molar-refractivity contribution < 1.29 is 28.5 Å². The number of halogens is 3. The average Bonchev–Trinajstić information content (AvgIpc) is 2.56. The van der Waals surface area contributed by atoms with Crippen LogP contribution in [0.1, 0.15) is 27.9 Å². The van der Waals surface area contributed by atoms with Gasteiger partial charge in [0.1, 0.15) is 17.4 Å². The number of hydrogen-bond donors (Lipinski definition) is 3. The van der Waals surface area contributed by atoms with E-state index in [4.69, 9.17) is 15.6 Å². The zero-order valence-corrected chi connectivity index (χ0v) is 15.3. The summed E-state index contributed by atoms with van der Waals surface area (Å²) in [6, 6.07) is 6.54. The number of nitrogens with two attached hydrogens (primary N) is 1. The monoisotopic (exact) mass is 429 g/mol. The fourth-order valence-corrected chi connectivity index (χ4v) is 2.77. The van der Waals surface area contributed by atoms with Gasteiger partial charge in [-0.1, -0.05) is 22.0 Å². The molecule has 1 amide bonds. The van der Waals surface area contributed by atoms with E-state index in [2.05, 4.69) is 15.9 Å². The van der Waals surface area contributed by atoms with Crippen LogP contribution in [-0.4, -0.2) is 35.4 Å². The van der Waals surface area contributed by atoms with Crippen LogP contribution in [0, 0.1) is 11.6 Å². The Balaban J connectivity index is 2.34. The maximum atomic E-state index is 14.1. The third kappa shape index (κ3) is 5.23. The SMILES string of the molecule is NC(=O)c1c(Cc2ccc(Br)cc2F)cc(F)cc1OCC[C@@H](O)CO. The molecule has 0 radical (unpaired) electrons. The van der Waals surface area contributed by atoms with Gasteiger partial charge in [0.25, 0.3) is 5.91 Å². The van der Waals surface area contributed by atoms with Crippen LogP contribution in [0.5, 0.6) is 5.75 Å². The minimum Gasteiger partial charge on any atom is -0.493 e. The van der Waals surface area contributed by atoms with Crippen molar-refractivity contribution in [2.45, 2.75) is 18.9 Å². The van der Waals surface area contributed by atoms with Crippen LogP contribution in [0.25, 0.3) is 0 Å². The number of hydrogen-bond acceptors (Lipinski definition) is 4. The molecule has 140 valence electrons. The Kier molecular flexibility index (Phi) is 7.07. The van der Waals surface area contributed by atoms with Crippen LogP contribution in [-0.2, 0) is 6.42 Å². The number of aliphatic hydroxyl groups excluding tert-OH is 2. The Hall–Kier alpha value is -2.03. The fraction of sp³-hybridized carbons (Fsp3) is 0.278. The second kappa shape index (κ2) is 9.07.